The number of nitrogens with one attached hydrogen (secondary N) is 1. The van der Waals surface area contributed by atoms with Gasteiger partial charge in [0.25, 0.3) is 0 Å². The molecule has 19 heavy (non-hydrogen) atoms. The molecule has 0 aliphatic carbocycles. The van der Waals surface area contributed by atoms with Gasteiger partial charge in [0.05, 0.1) is 11.1 Å². The molecule has 100 valence electrons. The van der Waals surface area contributed by atoms with Crippen molar-refractivity contribution < 1.29 is 9.84 Å². The lowest BCUT2D eigenvalue weighted by Crippen LogP contribution is -2.42. The fourth-order valence-electron chi connectivity index (χ4n) is 2.32. The summed E-state index contributed by atoms with van der Waals surface area (Å²) >= 11 is 0. The van der Waals surface area contributed by atoms with E-state index in [0.29, 0.717) is 32.6 Å². The molecule has 0 saturated carbocycles. The van der Waals surface area contributed by atoms with Crippen LogP contribution in [-0.2, 0) is 4.74 Å². The van der Waals surface area contributed by atoms with Crippen molar-refractivity contribution in [3.05, 3.63) is 30.6 Å². The van der Waals surface area contributed by atoms with Gasteiger partial charge < -0.3 is 15.2 Å². The van der Waals surface area contributed by atoms with E-state index in [1.807, 2.05) is 24.3 Å². The number of fused-ring (bicyclic) bond motifs is 1. The maximum absolute atomic E-state index is 10.4. The summed E-state index contributed by atoms with van der Waals surface area (Å²) in [6.07, 6.45) is 2.85. The number of ether oxygens (including phenoxy) is 1. The summed E-state index contributed by atoms with van der Waals surface area (Å²) < 4.78 is 5.27. The van der Waals surface area contributed by atoms with Crippen LogP contribution < -0.4 is 5.32 Å². The van der Waals surface area contributed by atoms with E-state index in [9.17, 15) is 5.11 Å². The smallest absolute Gasteiger partial charge is 0.137 e. The molecule has 1 aliphatic heterocycles. The van der Waals surface area contributed by atoms with Gasteiger partial charge in [-0.15, -0.1) is 0 Å². The van der Waals surface area contributed by atoms with Gasteiger partial charge in [-0.2, -0.15) is 0 Å². The number of hydrogen-bond acceptors (Lipinski definition) is 5. The van der Waals surface area contributed by atoms with Crippen LogP contribution in [-0.4, -0.2) is 40.4 Å². The van der Waals surface area contributed by atoms with Crippen molar-refractivity contribution in [3.63, 3.8) is 0 Å². The molecule has 1 aliphatic rings. The van der Waals surface area contributed by atoms with E-state index in [1.165, 1.54) is 0 Å². The highest BCUT2D eigenvalue weighted by molar-refractivity contribution is 5.88. The minimum absolute atomic E-state index is 0.483. The molecule has 1 aromatic heterocycles. The topological polar surface area (TPSA) is 67.3 Å². The largest absolute Gasteiger partial charge is 0.388 e. The van der Waals surface area contributed by atoms with Gasteiger partial charge in [0, 0.05) is 38.0 Å². The first kappa shape index (κ1) is 12.3. The molecule has 0 bridgehead atoms. The summed E-state index contributed by atoms with van der Waals surface area (Å²) in [4.78, 5) is 8.48. The Morgan fingerprint density at radius 3 is 2.84 bits per heavy atom. The van der Waals surface area contributed by atoms with Crippen LogP contribution in [0.3, 0.4) is 0 Å². The van der Waals surface area contributed by atoms with Crippen LogP contribution in [0.25, 0.3) is 10.9 Å². The fourth-order valence-corrected chi connectivity index (χ4v) is 2.32. The van der Waals surface area contributed by atoms with Crippen molar-refractivity contribution in [2.24, 2.45) is 0 Å². The molecule has 0 spiro atoms. The third kappa shape index (κ3) is 2.67. The summed E-state index contributed by atoms with van der Waals surface area (Å²) in [6.45, 7) is 1.71. The van der Waals surface area contributed by atoms with Gasteiger partial charge in [0.2, 0.25) is 0 Å². The van der Waals surface area contributed by atoms with Crippen LogP contribution in [0.4, 0.5) is 5.82 Å². The summed E-state index contributed by atoms with van der Waals surface area (Å²) in [5.41, 5.74) is 0.198. The molecule has 0 amide bonds. The zero-order valence-corrected chi connectivity index (χ0v) is 10.7. The number of aliphatic hydroxyl groups is 1. The standard InChI is InChI=1S/C14H17N3O2/c18-14(5-7-19-8-6-14)9-15-13-11-3-1-2-4-12(11)16-10-17-13/h1-4,10,18H,5-9H2,(H,15,16,17). The molecule has 2 aromatic rings. The average Bonchev–Trinajstić information content (AvgIpc) is 2.46. The van der Waals surface area contributed by atoms with Gasteiger partial charge in [-0.3, -0.25) is 0 Å². The van der Waals surface area contributed by atoms with Gasteiger partial charge in [-0.25, -0.2) is 9.97 Å². The molecular formula is C14H17N3O2. The Kier molecular flexibility index (Phi) is 3.31. The quantitative estimate of drug-likeness (QED) is 0.876. The van der Waals surface area contributed by atoms with Crippen LogP contribution >= 0.6 is 0 Å². The average molecular weight is 259 g/mol. The lowest BCUT2D eigenvalue weighted by molar-refractivity contribution is -0.0543. The Morgan fingerprint density at radius 1 is 1.21 bits per heavy atom. The monoisotopic (exact) mass is 259 g/mol. The van der Waals surface area contributed by atoms with E-state index < -0.39 is 5.60 Å². The molecule has 1 saturated heterocycles. The van der Waals surface area contributed by atoms with E-state index in [-0.39, 0.29) is 0 Å². The van der Waals surface area contributed by atoms with E-state index >= 15 is 0 Å². The molecule has 5 heteroatoms. The first-order valence-corrected chi connectivity index (χ1v) is 6.51. The van der Waals surface area contributed by atoms with Crippen molar-refractivity contribution in [2.45, 2.75) is 18.4 Å². The number of rotatable bonds is 3. The van der Waals surface area contributed by atoms with E-state index in [4.69, 9.17) is 4.74 Å². The SMILES string of the molecule is OC1(CNc2ncnc3ccccc23)CCOCC1. The van der Waals surface area contributed by atoms with Crippen LogP contribution in [0, 0.1) is 0 Å². The van der Waals surface area contributed by atoms with Crippen molar-refractivity contribution in [3.8, 4) is 0 Å². The zero-order chi connectivity index (χ0) is 13.1. The maximum Gasteiger partial charge on any atom is 0.137 e. The lowest BCUT2D eigenvalue weighted by Gasteiger charge is -2.32. The number of para-hydroxylation sites is 1. The number of anilines is 1. The Balaban J connectivity index is 1.78. The number of hydrogen-bond donors (Lipinski definition) is 2. The highest BCUT2D eigenvalue weighted by atomic mass is 16.5. The molecule has 3 rings (SSSR count). The second-order valence-corrected chi connectivity index (χ2v) is 4.93. The van der Waals surface area contributed by atoms with Crippen LogP contribution in [0.5, 0.6) is 0 Å². The number of aromatic nitrogens is 2. The first-order chi connectivity index (χ1) is 9.27. The van der Waals surface area contributed by atoms with Gasteiger partial charge in [0.1, 0.15) is 12.1 Å². The summed E-state index contributed by atoms with van der Waals surface area (Å²) in [6, 6.07) is 7.84. The van der Waals surface area contributed by atoms with Gasteiger partial charge >= 0.3 is 0 Å². The van der Waals surface area contributed by atoms with E-state index in [0.717, 1.165) is 16.7 Å². The number of nitrogens with zero attached hydrogens (tertiary/aromatic N) is 2. The van der Waals surface area contributed by atoms with Gasteiger partial charge in [-0.1, -0.05) is 12.1 Å². The van der Waals surface area contributed by atoms with Crippen molar-refractivity contribution in [2.75, 3.05) is 25.1 Å². The predicted molar refractivity (Wildman–Crippen MR) is 73.0 cm³/mol. The highest BCUT2D eigenvalue weighted by Crippen LogP contribution is 2.23. The second kappa shape index (κ2) is 5.11. The van der Waals surface area contributed by atoms with Crippen molar-refractivity contribution >= 4 is 16.7 Å². The molecule has 5 nitrogen and oxygen atoms in total. The van der Waals surface area contributed by atoms with E-state index in [1.54, 1.807) is 6.33 Å². The molecule has 1 aromatic carbocycles. The Bertz CT molecular complexity index is 562. The first-order valence-electron chi connectivity index (χ1n) is 6.51. The third-order valence-electron chi connectivity index (χ3n) is 3.55. The van der Waals surface area contributed by atoms with Crippen LogP contribution in [0.2, 0.25) is 0 Å². The molecule has 2 heterocycles. The van der Waals surface area contributed by atoms with Crippen LogP contribution in [0.1, 0.15) is 12.8 Å². The third-order valence-corrected chi connectivity index (χ3v) is 3.55. The summed E-state index contributed by atoms with van der Waals surface area (Å²) in [7, 11) is 0. The maximum atomic E-state index is 10.4. The normalized spacial score (nSPS) is 18.4. The molecule has 1 fully saturated rings. The lowest BCUT2D eigenvalue weighted by atomic mass is 9.94. The molecule has 0 atom stereocenters. The minimum atomic E-state index is -0.704. The molecule has 2 N–H and O–H groups in total. The van der Waals surface area contributed by atoms with Crippen LogP contribution in [0.15, 0.2) is 30.6 Å². The Hall–Kier alpha value is -1.72. The Labute approximate surface area is 111 Å². The summed E-state index contributed by atoms with van der Waals surface area (Å²) in [5.74, 6) is 0.769. The Morgan fingerprint density at radius 2 is 2.00 bits per heavy atom. The minimum Gasteiger partial charge on any atom is -0.388 e. The summed E-state index contributed by atoms with van der Waals surface area (Å²) in [5, 5.41) is 14.6. The van der Waals surface area contributed by atoms with Crippen molar-refractivity contribution in [1.82, 2.24) is 9.97 Å². The van der Waals surface area contributed by atoms with Gasteiger partial charge in [0.15, 0.2) is 0 Å². The molecule has 0 unspecified atom stereocenters. The highest BCUT2D eigenvalue weighted by Gasteiger charge is 2.29. The predicted octanol–water partition coefficient (Wildman–Crippen LogP) is 1.58. The molecular weight excluding hydrogens is 242 g/mol. The number of benzene rings is 1. The fraction of sp³-hybridized carbons (Fsp3) is 0.429. The molecule has 0 radical (unpaired) electrons. The zero-order valence-electron chi connectivity index (χ0n) is 10.7. The van der Waals surface area contributed by atoms with E-state index in [2.05, 4.69) is 15.3 Å². The second-order valence-electron chi connectivity index (χ2n) is 4.93. The van der Waals surface area contributed by atoms with Gasteiger partial charge in [-0.05, 0) is 12.1 Å². The van der Waals surface area contributed by atoms with Crippen molar-refractivity contribution in [1.29, 1.82) is 0 Å².